The van der Waals surface area contributed by atoms with Crippen molar-refractivity contribution in [1.29, 1.82) is 0 Å². The van der Waals surface area contributed by atoms with E-state index in [1.54, 1.807) is 6.33 Å². The van der Waals surface area contributed by atoms with Gasteiger partial charge in [0, 0.05) is 17.6 Å². The second-order valence-corrected chi connectivity index (χ2v) is 5.38. The van der Waals surface area contributed by atoms with Gasteiger partial charge < -0.3 is 5.73 Å². The van der Waals surface area contributed by atoms with Gasteiger partial charge in [0.05, 0.1) is 5.69 Å². The van der Waals surface area contributed by atoms with Gasteiger partial charge in [-0.1, -0.05) is 0 Å². The quantitative estimate of drug-likeness (QED) is 0.721. The topological polar surface area (TPSA) is 55.0 Å². The first kappa shape index (κ1) is 11.3. The normalized spacial score (nSPS) is 17.9. The fourth-order valence-electron chi connectivity index (χ4n) is 2.13. The third-order valence-corrected chi connectivity index (χ3v) is 3.21. The average Bonchev–Trinajstić information content (AvgIpc) is 2.39. The molecule has 16 heavy (non-hydrogen) atoms. The van der Waals surface area contributed by atoms with Crippen molar-refractivity contribution in [3.8, 4) is 0 Å². The van der Waals surface area contributed by atoms with Gasteiger partial charge in [-0.15, -0.1) is 0 Å². The number of rotatable bonds is 0. The van der Waals surface area contributed by atoms with Crippen molar-refractivity contribution in [3.63, 3.8) is 0 Å². The Morgan fingerprint density at radius 2 is 2.06 bits per heavy atom. The number of anilines is 1. The Morgan fingerprint density at radius 1 is 1.31 bits per heavy atom. The van der Waals surface area contributed by atoms with Crippen LogP contribution in [0.15, 0.2) is 6.33 Å². The summed E-state index contributed by atoms with van der Waals surface area (Å²) >= 11 is 0. The smallest absolute Gasteiger partial charge is 0.131 e. The molecule has 88 valence electrons. The number of nitrogens with two attached hydrogens (primary N) is 1. The average molecular weight is 220 g/mol. The zero-order valence-corrected chi connectivity index (χ0v) is 10.3. The van der Waals surface area contributed by atoms with E-state index in [4.69, 9.17) is 5.73 Å². The highest BCUT2D eigenvalue weighted by molar-refractivity contribution is 5.41. The summed E-state index contributed by atoms with van der Waals surface area (Å²) in [6, 6.07) is 0. The second-order valence-electron chi connectivity index (χ2n) is 5.38. The highest BCUT2D eigenvalue weighted by Crippen LogP contribution is 2.25. The first-order valence-corrected chi connectivity index (χ1v) is 5.82. The molecule has 2 rings (SSSR count). The molecule has 1 aliphatic heterocycles. The molecule has 0 atom stereocenters. The maximum atomic E-state index is 5.94. The monoisotopic (exact) mass is 220 g/mol. The van der Waals surface area contributed by atoms with Crippen LogP contribution in [0.4, 0.5) is 5.82 Å². The van der Waals surface area contributed by atoms with E-state index in [9.17, 15) is 0 Å². The highest BCUT2D eigenvalue weighted by Gasteiger charge is 2.25. The lowest BCUT2D eigenvalue weighted by Gasteiger charge is -2.34. The van der Waals surface area contributed by atoms with Crippen LogP contribution >= 0.6 is 0 Å². The molecule has 1 aromatic rings. The molecular weight excluding hydrogens is 200 g/mol. The lowest BCUT2D eigenvalue weighted by Crippen LogP contribution is -2.41. The number of nitrogen functional groups attached to an aromatic ring is 1. The van der Waals surface area contributed by atoms with Gasteiger partial charge in [-0.25, -0.2) is 9.97 Å². The van der Waals surface area contributed by atoms with Crippen molar-refractivity contribution in [3.05, 3.63) is 17.6 Å². The predicted octanol–water partition coefficient (Wildman–Crippen LogP) is 1.61. The SMILES string of the molecule is CC(C)(C)N1CCCc2ncnc(N)c2C1. The molecule has 0 saturated carbocycles. The molecule has 0 saturated heterocycles. The van der Waals surface area contributed by atoms with E-state index in [-0.39, 0.29) is 5.54 Å². The summed E-state index contributed by atoms with van der Waals surface area (Å²) in [5.74, 6) is 0.640. The van der Waals surface area contributed by atoms with Gasteiger partial charge in [0.25, 0.3) is 0 Å². The molecule has 0 spiro atoms. The number of nitrogens with zero attached hydrogens (tertiary/aromatic N) is 3. The van der Waals surface area contributed by atoms with Gasteiger partial charge in [0.1, 0.15) is 12.1 Å². The van der Waals surface area contributed by atoms with Crippen LogP contribution in [0.25, 0.3) is 0 Å². The van der Waals surface area contributed by atoms with Gasteiger partial charge in [0.2, 0.25) is 0 Å². The molecule has 2 N–H and O–H groups in total. The third kappa shape index (κ3) is 2.16. The number of fused-ring (bicyclic) bond motifs is 1. The summed E-state index contributed by atoms with van der Waals surface area (Å²) in [5, 5.41) is 0. The van der Waals surface area contributed by atoms with E-state index in [2.05, 4.69) is 35.6 Å². The van der Waals surface area contributed by atoms with Gasteiger partial charge in [-0.05, 0) is 40.2 Å². The highest BCUT2D eigenvalue weighted by atomic mass is 15.2. The maximum absolute atomic E-state index is 5.94. The Bertz CT molecular complexity index is 381. The Balaban J connectivity index is 2.33. The zero-order valence-electron chi connectivity index (χ0n) is 10.3. The molecule has 4 heteroatoms. The van der Waals surface area contributed by atoms with Crippen molar-refractivity contribution in [2.24, 2.45) is 0 Å². The van der Waals surface area contributed by atoms with Gasteiger partial charge in [-0.2, -0.15) is 0 Å². The fraction of sp³-hybridized carbons (Fsp3) is 0.667. The fourth-order valence-corrected chi connectivity index (χ4v) is 2.13. The van der Waals surface area contributed by atoms with Crippen LogP contribution in [-0.2, 0) is 13.0 Å². The summed E-state index contributed by atoms with van der Waals surface area (Å²) in [7, 11) is 0. The number of hydrogen-bond acceptors (Lipinski definition) is 4. The summed E-state index contributed by atoms with van der Waals surface area (Å²) in [5.41, 5.74) is 8.35. The minimum atomic E-state index is 0.171. The number of aromatic nitrogens is 2. The van der Waals surface area contributed by atoms with E-state index < -0.39 is 0 Å². The first-order valence-electron chi connectivity index (χ1n) is 5.82. The van der Waals surface area contributed by atoms with Crippen LogP contribution in [0.1, 0.15) is 38.4 Å². The van der Waals surface area contributed by atoms with E-state index in [1.807, 2.05) is 0 Å². The van der Waals surface area contributed by atoms with E-state index >= 15 is 0 Å². The molecule has 0 radical (unpaired) electrons. The molecule has 2 heterocycles. The van der Waals surface area contributed by atoms with Gasteiger partial charge >= 0.3 is 0 Å². The molecule has 0 aromatic carbocycles. The summed E-state index contributed by atoms with van der Waals surface area (Å²) in [6.07, 6.45) is 3.72. The minimum Gasteiger partial charge on any atom is -0.383 e. The third-order valence-electron chi connectivity index (χ3n) is 3.21. The Morgan fingerprint density at radius 3 is 2.75 bits per heavy atom. The minimum absolute atomic E-state index is 0.171. The van der Waals surface area contributed by atoms with Gasteiger partial charge in [-0.3, -0.25) is 4.90 Å². The molecule has 0 aliphatic carbocycles. The standard InChI is InChI=1S/C12H20N4/c1-12(2,3)16-6-4-5-10-9(7-16)11(13)15-8-14-10/h8H,4-7H2,1-3H3,(H2,13,14,15). The number of aryl methyl sites for hydroxylation is 1. The molecule has 1 aromatic heterocycles. The van der Waals surface area contributed by atoms with Crippen LogP contribution in [-0.4, -0.2) is 27.0 Å². The molecular formula is C12H20N4. The Labute approximate surface area is 96.9 Å². The van der Waals surface area contributed by atoms with Crippen LogP contribution in [0, 0.1) is 0 Å². The molecule has 1 aliphatic rings. The van der Waals surface area contributed by atoms with Gasteiger partial charge in [0.15, 0.2) is 0 Å². The molecule has 4 nitrogen and oxygen atoms in total. The maximum Gasteiger partial charge on any atom is 0.131 e. The molecule has 0 unspecified atom stereocenters. The lowest BCUT2D eigenvalue weighted by atomic mass is 10.1. The van der Waals surface area contributed by atoms with Crippen LogP contribution in [0.5, 0.6) is 0 Å². The van der Waals surface area contributed by atoms with Crippen molar-refractivity contribution in [2.75, 3.05) is 12.3 Å². The van der Waals surface area contributed by atoms with Crippen LogP contribution < -0.4 is 5.73 Å². The van der Waals surface area contributed by atoms with Crippen molar-refractivity contribution < 1.29 is 0 Å². The molecule has 0 fully saturated rings. The second kappa shape index (κ2) is 4.01. The first-order chi connectivity index (χ1) is 7.48. The van der Waals surface area contributed by atoms with Crippen LogP contribution in [0.2, 0.25) is 0 Å². The summed E-state index contributed by atoms with van der Waals surface area (Å²) in [4.78, 5) is 10.9. The Hall–Kier alpha value is -1.16. The molecule has 0 bridgehead atoms. The van der Waals surface area contributed by atoms with E-state index in [0.717, 1.165) is 37.2 Å². The molecule has 0 amide bonds. The van der Waals surface area contributed by atoms with Crippen molar-refractivity contribution in [1.82, 2.24) is 14.9 Å². The van der Waals surface area contributed by atoms with E-state index in [0.29, 0.717) is 5.82 Å². The van der Waals surface area contributed by atoms with Crippen molar-refractivity contribution in [2.45, 2.75) is 45.7 Å². The summed E-state index contributed by atoms with van der Waals surface area (Å²) < 4.78 is 0. The Kier molecular flexibility index (Phi) is 2.84. The summed E-state index contributed by atoms with van der Waals surface area (Å²) in [6.45, 7) is 8.67. The van der Waals surface area contributed by atoms with Crippen molar-refractivity contribution >= 4 is 5.82 Å². The van der Waals surface area contributed by atoms with E-state index in [1.165, 1.54) is 0 Å². The zero-order chi connectivity index (χ0) is 11.8. The lowest BCUT2D eigenvalue weighted by molar-refractivity contribution is 0.130. The van der Waals surface area contributed by atoms with Crippen LogP contribution in [0.3, 0.4) is 0 Å². The number of hydrogen-bond donors (Lipinski definition) is 1. The largest absolute Gasteiger partial charge is 0.383 e. The predicted molar refractivity (Wildman–Crippen MR) is 64.9 cm³/mol.